The molecule has 0 saturated carbocycles. The van der Waals surface area contributed by atoms with Crippen molar-refractivity contribution in [3.05, 3.63) is 54.4 Å². The third kappa shape index (κ3) is 3.28. The van der Waals surface area contributed by atoms with Gasteiger partial charge in [-0.1, -0.05) is 25.6 Å². The van der Waals surface area contributed by atoms with Crippen molar-refractivity contribution in [2.24, 2.45) is 0 Å². The van der Waals surface area contributed by atoms with Gasteiger partial charge in [-0.2, -0.15) is 0 Å². The van der Waals surface area contributed by atoms with Crippen LogP contribution >= 0.6 is 0 Å². The molecule has 15 heavy (non-hydrogen) atoms. The van der Waals surface area contributed by atoms with Crippen LogP contribution in [0.1, 0.15) is 24.5 Å². The van der Waals surface area contributed by atoms with E-state index in [-0.39, 0.29) is 0 Å². The lowest BCUT2D eigenvalue weighted by atomic mass is 10.1. The Kier molecular flexibility index (Phi) is 4.17. The molecule has 0 aliphatic carbocycles. The van der Waals surface area contributed by atoms with E-state index in [0.717, 1.165) is 6.42 Å². The number of anilines is 1. The molecule has 0 aliphatic heterocycles. The SMILES string of the molecule is C=CN(/C=C\CC)c1cc(C)cc(C)c1. The van der Waals surface area contributed by atoms with E-state index < -0.39 is 0 Å². The van der Waals surface area contributed by atoms with Gasteiger partial charge in [0.15, 0.2) is 0 Å². The van der Waals surface area contributed by atoms with Crippen LogP contribution in [0.5, 0.6) is 0 Å². The molecule has 0 unspecified atom stereocenters. The van der Waals surface area contributed by atoms with E-state index in [1.807, 2.05) is 11.1 Å². The van der Waals surface area contributed by atoms with Crippen LogP contribution in [0.4, 0.5) is 5.69 Å². The summed E-state index contributed by atoms with van der Waals surface area (Å²) in [5.41, 5.74) is 3.73. The molecule has 0 aliphatic rings. The van der Waals surface area contributed by atoms with E-state index in [2.05, 4.69) is 57.8 Å². The monoisotopic (exact) mass is 201 g/mol. The molecule has 1 nitrogen and oxygen atoms in total. The predicted octanol–water partition coefficient (Wildman–Crippen LogP) is 4.18. The number of allylic oxidation sites excluding steroid dienone is 1. The van der Waals surface area contributed by atoms with Crippen molar-refractivity contribution >= 4 is 5.69 Å². The molecule has 0 spiro atoms. The van der Waals surface area contributed by atoms with Crippen molar-refractivity contribution in [3.63, 3.8) is 0 Å². The fourth-order valence-corrected chi connectivity index (χ4v) is 1.57. The smallest absolute Gasteiger partial charge is 0.0454 e. The maximum Gasteiger partial charge on any atom is 0.0454 e. The highest BCUT2D eigenvalue weighted by molar-refractivity contribution is 5.55. The highest BCUT2D eigenvalue weighted by atomic mass is 15.1. The Hall–Kier alpha value is -1.50. The summed E-state index contributed by atoms with van der Waals surface area (Å²) in [6.07, 6.45) is 7.05. The first kappa shape index (κ1) is 11.6. The van der Waals surface area contributed by atoms with E-state index in [1.54, 1.807) is 0 Å². The maximum atomic E-state index is 3.82. The molecule has 0 fully saturated rings. The van der Waals surface area contributed by atoms with Crippen molar-refractivity contribution in [1.82, 2.24) is 0 Å². The van der Waals surface area contributed by atoms with E-state index >= 15 is 0 Å². The van der Waals surface area contributed by atoms with Gasteiger partial charge in [-0.15, -0.1) is 0 Å². The molecule has 0 N–H and O–H groups in total. The van der Waals surface area contributed by atoms with Crippen LogP contribution in [0.15, 0.2) is 43.3 Å². The summed E-state index contributed by atoms with van der Waals surface area (Å²) in [5.74, 6) is 0. The number of aryl methyl sites for hydroxylation is 2. The lowest BCUT2D eigenvalue weighted by Crippen LogP contribution is -2.06. The fourth-order valence-electron chi connectivity index (χ4n) is 1.57. The summed E-state index contributed by atoms with van der Waals surface area (Å²) in [7, 11) is 0. The van der Waals surface area contributed by atoms with E-state index in [1.165, 1.54) is 16.8 Å². The number of hydrogen-bond donors (Lipinski definition) is 0. The third-order valence-corrected chi connectivity index (χ3v) is 2.20. The molecule has 1 heteroatoms. The van der Waals surface area contributed by atoms with E-state index in [9.17, 15) is 0 Å². The zero-order valence-electron chi connectivity index (χ0n) is 9.83. The van der Waals surface area contributed by atoms with Gasteiger partial charge in [0.25, 0.3) is 0 Å². The van der Waals surface area contributed by atoms with Crippen molar-refractivity contribution < 1.29 is 0 Å². The fraction of sp³-hybridized carbons (Fsp3) is 0.286. The molecule has 0 bridgehead atoms. The first-order valence-corrected chi connectivity index (χ1v) is 5.33. The van der Waals surface area contributed by atoms with Crippen LogP contribution in [-0.2, 0) is 0 Å². The molecule has 0 aromatic heterocycles. The normalized spacial score (nSPS) is 10.6. The van der Waals surface area contributed by atoms with E-state index in [0.29, 0.717) is 0 Å². The number of nitrogens with zero attached hydrogens (tertiary/aromatic N) is 1. The van der Waals surface area contributed by atoms with Crippen LogP contribution in [-0.4, -0.2) is 0 Å². The van der Waals surface area contributed by atoms with Gasteiger partial charge < -0.3 is 4.90 Å². The minimum atomic E-state index is 1.04. The molecule has 0 heterocycles. The zero-order chi connectivity index (χ0) is 11.3. The molecule has 0 saturated heterocycles. The minimum absolute atomic E-state index is 1.04. The molecule has 0 atom stereocenters. The number of benzene rings is 1. The summed E-state index contributed by atoms with van der Waals surface area (Å²) in [4.78, 5) is 2.05. The Bertz CT molecular complexity index is 343. The standard InChI is InChI=1S/C14H19N/c1-5-7-8-15(6-2)14-10-12(3)9-13(4)11-14/h6-11H,2,5H2,1,3-4H3/b8-7-. The Labute approximate surface area is 92.7 Å². The van der Waals surface area contributed by atoms with Crippen molar-refractivity contribution in [1.29, 1.82) is 0 Å². The summed E-state index contributed by atoms with van der Waals surface area (Å²) < 4.78 is 0. The van der Waals surface area contributed by atoms with Crippen molar-refractivity contribution in [3.8, 4) is 0 Å². The first-order valence-electron chi connectivity index (χ1n) is 5.33. The van der Waals surface area contributed by atoms with Crippen LogP contribution < -0.4 is 4.90 Å². The molecule has 80 valence electrons. The molecular formula is C14H19N. The summed E-state index contributed by atoms with van der Waals surface area (Å²) >= 11 is 0. The van der Waals surface area contributed by atoms with Crippen molar-refractivity contribution in [2.75, 3.05) is 4.90 Å². The summed E-state index contributed by atoms with van der Waals surface area (Å²) in [6.45, 7) is 10.2. The van der Waals surface area contributed by atoms with Gasteiger partial charge >= 0.3 is 0 Å². The molecule has 1 aromatic rings. The number of hydrogen-bond acceptors (Lipinski definition) is 1. The van der Waals surface area contributed by atoms with Crippen LogP contribution in [0.3, 0.4) is 0 Å². The zero-order valence-corrected chi connectivity index (χ0v) is 9.83. The molecule has 1 aromatic carbocycles. The second-order valence-corrected chi connectivity index (χ2v) is 3.73. The molecule has 1 rings (SSSR count). The lowest BCUT2D eigenvalue weighted by Gasteiger charge is -2.16. The second-order valence-electron chi connectivity index (χ2n) is 3.73. The van der Waals surface area contributed by atoms with Crippen molar-refractivity contribution in [2.45, 2.75) is 27.2 Å². The average molecular weight is 201 g/mol. The van der Waals surface area contributed by atoms with Gasteiger partial charge in [0.2, 0.25) is 0 Å². The predicted molar refractivity (Wildman–Crippen MR) is 68.0 cm³/mol. The Morgan fingerprint density at radius 3 is 2.27 bits per heavy atom. The van der Waals surface area contributed by atoms with Gasteiger partial charge in [-0.05, 0) is 43.5 Å². The highest BCUT2D eigenvalue weighted by Crippen LogP contribution is 2.19. The maximum absolute atomic E-state index is 3.82. The van der Waals surface area contributed by atoms with Gasteiger partial charge in [-0.25, -0.2) is 0 Å². The minimum Gasteiger partial charge on any atom is -0.325 e. The summed E-state index contributed by atoms with van der Waals surface area (Å²) in [5, 5.41) is 0. The third-order valence-electron chi connectivity index (χ3n) is 2.20. The van der Waals surface area contributed by atoms with Crippen LogP contribution in [0, 0.1) is 13.8 Å². The van der Waals surface area contributed by atoms with E-state index in [4.69, 9.17) is 0 Å². The Balaban J connectivity index is 3.01. The summed E-state index contributed by atoms with van der Waals surface area (Å²) in [6, 6.07) is 6.50. The lowest BCUT2D eigenvalue weighted by molar-refractivity contribution is 1.18. The highest BCUT2D eigenvalue weighted by Gasteiger charge is 1.99. The largest absolute Gasteiger partial charge is 0.325 e. The Morgan fingerprint density at radius 1 is 1.20 bits per heavy atom. The topological polar surface area (TPSA) is 3.24 Å². The van der Waals surface area contributed by atoms with Gasteiger partial charge in [0.05, 0.1) is 0 Å². The average Bonchev–Trinajstić information content (AvgIpc) is 2.17. The quantitative estimate of drug-likeness (QED) is 0.706. The second kappa shape index (κ2) is 5.40. The first-order chi connectivity index (χ1) is 7.17. The van der Waals surface area contributed by atoms with Crippen LogP contribution in [0.25, 0.3) is 0 Å². The number of rotatable bonds is 4. The Morgan fingerprint density at radius 2 is 1.80 bits per heavy atom. The van der Waals surface area contributed by atoms with Gasteiger partial charge in [0.1, 0.15) is 0 Å². The van der Waals surface area contributed by atoms with Crippen LogP contribution in [0.2, 0.25) is 0 Å². The molecular weight excluding hydrogens is 182 g/mol. The molecule has 0 radical (unpaired) electrons. The van der Waals surface area contributed by atoms with Gasteiger partial charge in [-0.3, -0.25) is 0 Å². The molecule has 0 amide bonds. The van der Waals surface area contributed by atoms with Gasteiger partial charge in [0, 0.05) is 18.1 Å².